The van der Waals surface area contributed by atoms with Crippen molar-refractivity contribution in [1.29, 1.82) is 0 Å². The van der Waals surface area contributed by atoms with Gasteiger partial charge in [-0.1, -0.05) is 218 Å². The minimum atomic E-state index is -0.333. The third kappa shape index (κ3) is 5.92. The van der Waals surface area contributed by atoms with E-state index in [9.17, 15) is 0 Å². The lowest BCUT2D eigenvalue weighted by atomic mass is 9.70. The fourth-order valence-electron chi connectivity index (χ4n) is 12.0. The average molecular weight is 830 g/mol. The second kappa shape index (κ2) is 15.2. The van der Waals surface area contributed by atoms with E-state index in [1.54, 1.807) is 0 Å². The lowest BCUT2D eigenvalue weighted by molar-refractivity contribution is 0.712. The molecule has 4 aliphatic rings. The van der Waals surface area contributed by atoms with Crippen LogP contribution in [0.5, 0.6) is 0 Å². The molecule has 0 saturated carbocycles. The molecule has 9 aromatic rings. The maximum Gasteiger partial charge on any atom is 0.0725 e. The maximum atomic E-state index is 2.56. The van der Waals surface area contributed by atoms with Crippen LogP contribution in [0.3, 0.4) is 0 Å². The lowest BCUT2D eigenvalue weighted by Crippen LogP contribution is -2.28. The predicted molar refractivity (Wildman–Crippen MR) is 270 cm³/mol. The van der Waals surface area contributed by atoms with Crippen molar-refractivity contribution in [2.45, 2.75) is 36.1 Å². The molecule has 0 fully saturated rings. The predicted octanol–water partition coefficient (Wildman–Crippen LogP) is 15.9. The summed E-state index contributed by atoms with van der Waals surface area (Å²) < 4.78 is 0. The van der Waals surface area contributed by atoms with Crippen molar-refractivity contribution < 1.29 is 0 Å². The summed E-state index contributed by atoms with van der Waals surface area (Å²) in [6.07, 6.45) is 11.1. The largest absolute Gasteiger partial charge is 0.333 e. The first kappa shape index (κ1) is 37.8. The zero-order valence-electron chi connectivity index (χ0n) is 36.2. The number of nitrogens with zero attached hydrogens (tertiary/aromatic N) is 1. The van der Waals surface area contributed by atoms with E-state index in [2.05, 4.69) is 248 Å². The Balaban J connectivity index is 0.859. The number of para-hydroxylation sites is 1. The van der Waals surface area contributed by atoms with Gasteiger partial charge >= 0.3 is 0 Å². The van der Waals surface area contributed by atoms with Crippen molar-refractivity contribution in [3.8, 4) is 44.5 Å². The first-order valence-electron chi connectivity index (χ1n) is 23.3. The van der Waals surface area contributed by atoms with Crippen LogP contribution >= 0.6 is 0 Å². The Kier molecular flexibility index (Phi) is 8.84. The van der Waals surface area contributed by atoms with Crippen molar-refractivity contribution in [3.05, 3.63) is 287 Å². The molecular formula is C64H47N. The third-order valence-corrected chi connectivity index (χ3v) is 14.9. The third-order valence-electron chi connectivity index (χ3n) is 14.9. The van der Waals surface area contributed by atoms with Crippen LogP contribution in [-0.4, -0.2) is 6.04 Å². The smallest absolute Gasteiger partial charge is 0.0725 e. The van der Waals surface area contributed by atoms with E-state index in [-0.39, 0.29) is 17.4 Å². The van der Waals surface area contributed by atoms with E-state index < -0.39 is 0 Å². The topological polar surface area (TPSA) is 3.24 Å². The molecule has 1 spiro atoms. The summed E-state index contributed by atoms with van der Waals surface area (Å²) in [6, 6.07) is 82.5. The quantitative estimate of drug-likeness (QED) is 0.147. The average Bonchev–Trinajstić information content (AvgIpc) is 3.99. The van der Waals surface area contributed by atoms with Crippen LogP contribution in [0.15, 0.2) is 243 Å². The number of anilines is 2. The number of hydrogen-bond acceptors (Lipinski definition) is 1. The molecule has 1 heterocycles. The zero-order valence-corrected chi connectivity index (χ0v) is 36.2. The molecule has 0 aromatic heterocycles. The van der Waals surface area contributed by atoms with Crippen LogP contribution < -0.4 is 4.90 Å². The molecule has 65 heavy (non-hydrogen) atoms. The fourth-order valence-corrected chi connectivity index (χ4v) is 12.0. The zero-order chi connectivity index (χ0) is 42.9. The monoisotopic (exact) mass is 829 g/mol. The minimum absolute atomic E-state index is 0.223. The van der Waals surface area contributed by atoms with Crippen molar-refractivity contribution in [1.82, 2.24) is 0 Å². The summed E-state index contributed by atoms with van der Waals surface area (Å²) in [5.41, 5.74) is 23.7. The highest BCUT2D eigenvalue weighted by atomic mass is 15.2. The Bertz CT molecular complexity index is 3260. The molecule has 3 atom stereocenters. The van der Waals surface area contributed by atoms with Crippen molar-refractivity contribution in [2.75, 3.05) is 4.90 Å². The molecule has 0 bridgehead atoms. The summed E-state index contributed by atoms with van der Waals surface area (Å²) in [5.74, 6) is 0.541. The van der Waals surface area contributed by atoms with Gasteiger partial charge in [-0.05, 0) is 126 Å². The molecule has 0 amide bonds. The highest BCUT2D eigenvalue weighted by Crippen LogP contribution is 2.63. The van der Waals surface area contributed by atoms with Gasteiger partial charge in [0.1, 0.15) is 0 Å². The lowest BCUT2D eigenvalue weighted by Gasteiger charge is -2.30. The molecule has 9 aromatic carbocycles. The fraction of sp³-hybridized carbons (Fsp3) is 0.0938. The van der Waals surface area contributed by atoms with E-state index >= 15 is 0 Å². The van der Waals surface area contributed by atoms with Gasteiger partial charge in [0.2, 0.25) is 0 Å². The summed E-state index contributed by atoms with van der Waals surface area (Å²) in [4.78, 5) is 2.51. The van der Waals surface area contributed by atoms with Crippen molar-refractivity contribution in [3.63, 3.8) is 0 Å². The van der Waals surface area contributed by atoms with E-state index in [0.717, 1.165) is 12.8 Å². The SMILES string of the molecule is C1=CC2c3cc(-c4ccc(C(CCc5ccc6c(c5)C5(c7ccccc7-c7ccccc75)c5ccccc5-6)c5ccc(-c6ccccc6)cc5)cc4)ccc3N(c3ccccc3)C2C=C1. The second-order valence-corrected chi connectivity index (χ2v) is 18.2. The Labute approximate surface area is 382 Å². The number of allylic oxidation sites excluding steroid dienone is 2. The van der Waals surface area contributed by atoms with Gasteiger partial charge in [-0.2, -0.15) is 0 Å². The molecule has 1 nitrogen and oxygen atoms in total. The molecule has 0 saturated heterocycles. The van der Waals surface area contributed by atoms with E-state index in [0.29, 0.717) is 5.92 Å². The highest BCUT2D eigenvalue weighted by molar-refractivity contribution is 5.95. The van der Waals surface area contributed by atoms with Crippen LogP contribution in [0.1, 0.15) is 62.8 Å². The Hall–Kier alpha value is -7.74. The summed E-state index contributed by atoms with van der Waals surface area (Å²) >= 11 is 0. The highest BCUT2D eigenvalue weighted by Gasteiger charge is 2.51. The molecule has 0 radical (unpaired) electrons. The van der Waals surface area contributed by atoms with Crippen molar-refractivity contribution in [2.24, 2.45) is 0 Å². The van der Waals surface area contributed by atoms with E-state index in [4.69, 9.17) is 0 Å². The number of benzene rings is 9. The van der Waals surface area contributed by atoms with Gasteiger partial charge in [-0.3, -0.25) is 0 Å². The Morgan fingerprint density at radius 3 is 1.55 bits per heavy atom. The molecule has 13 rings (SSSR count). The van der Waals surface area contributed by atoms with E-state index in [1.165, 1.54) is 100 Å². The van der Waals surface area contributed by atoms with Gasteiger partial charge in [0.25, 0.3) is 0 Å². The van der Waals surface area contributed by atoms with Crippen LogP contribution in [0.2, 0.25) is 0 Å². The van der Waals surface area contributed by atoms with Gasteiger partial charge in [0.15, 0.2) is 0 Å². The normalized spacial score (nSPS) is 17.0. The van der Waals surface area contributed by atoms with Gasteiger partial charge in [0, 0.05) is 23.2 Å². The van der Waals surface area contributed by atoms with Gasteiger partial charge < -0.3 is 4.90 Å². The van der Waals surface area contributed by atoms with Crippen LogP contribution in [0, 0.1) is 0 Å². The summed E-state index contributed by atoms with van der Waals surface area (Å²) in [6.45, 7) is 0. The van der Waals surface area contributed by atoms with Gasteiger partial charge in [-0.25, -0.2) is 0 Å². The number of rotatable bonds is 8. The molecule has 1 heteroatoms. The molecule has 308 valence electrons. The Morgan fingerprint density at radius 2 is 0.923 bits per heavy atom. The van der Waals surface area contributed by atoms with Gasteiger partial charge in [-0.15, -0.1) is 0 Å². The van der Waals surface area contributed by atoms with Crippen LogP contribution in [0.25, 0.3) is 44.5 Å². The Morgan fingerprint density at radius 1 is 0.415 bits per heavy atom. The second-order valence-electron chi connectivity index (χ2n) is 18.2. The van der Waals surface area contributed by atoms with Crippen LogP contribution in [0.4, 0.5) is 11.4 Å². The first-order chi connectivity index (χ1) is 32.2. The first-order valence-corrected chi connectivity index (χ1v) is 23.3. The van der Waals surface area contributed by atoms with Crippen LogP contribution in [-0.2, 0) is 11.8 Å². The molecule has 3 aliphatic carbocycles. The standard InChI is InChI=1S/C64H47N/c1-3-15-44(16-4-1)45-29-33-47(34-30-45)51(48-35-31-46(32-36-48)49-37-40-63-57(42-49)56-22-10-14-26-62(56)65(63)50-17-5-2-6-18-50)38-27-43-28-39-55-54-21-9-13-25-60(54)64(61(55)41-43)58-23-11-7-19-52(58)53-20-8-12-24-59(53)64/h1-26,28-37,39-42,51,56,62H,27,38H2. The molecular weight excluding hydrogens is 783 g/mol. The number of fused-ring (bicyclic) bond motifs is 13. The summed E-state index contributed by atoms with van der Waals surface area (Å²) in [7, 11) is 0. The minimum Gasteiger partial charge on any atom is -0.333 e. The number of hydrogen-bond donors (Lipinski definition) is 0. The van der Waals surface area contributed by atoms with Gasteiger partial charge in [0.05, 0.1) is 11.5 Å². The van der Waals surface area contributed by atoms with E-state index in [1.807, 2.05) is 0 Å². The summed E-state index contributed by atoms with van der Waals surface area (Å²) in [5, 5.41) is 0. The maximum absolute atomic E-state index is 2.56. The molecule has 1 aliphatic heterocycles. The molecule has 0 N–H and O–H groups in total. The van der Waals surface area contributed by atoms with Crippen molar-refractivity contribution >= 4 is 11.4 Å². The number of aryl methyl sites for hydroxylation is 1. The molecule has 3 unspecified atom stereocenters.